The molecule has 2 aliphatic rings. The van der Waals surface area contributed by atoms with Crippen LogP contribution in [0.3, 0.4) is 0 Å². The summed E-state index contributed by atoms with van der Waals surface area (Å²) in [5, 5.41) is 4.63. The largest absolute Gasteiger partial charge is 0.449 e. The van der Waals surface area contributed by atoms with Gasteiger partial charge in [-0.15, -0.1) is 0 Å². The molecule has 1 N–H and O–H groups in total. The molecule has 1 heterocycles. The van der Waals surface area contributed by atoms with Gasteiger partial charge in [-0.3, -0.25) is 4.79 Å². The van der Waals surface area contributed by atoms with Gasteiger partial charge in [-0.05, 0) is 56.9 Å². The zero-order valence-corrected chi connectivity index (χ0v) is 14.3. The first-order valence-electron chi connectivity index (χ1n) is 8.53. The molecule has 0 aliphatic heterocycles. The lowest BCUT2D eigenvalue weighted by atomic mass is 9.84. The van der Waals surface area contributed by atoms with Crippen LogP contribution in [0.5, 0.6) is 0 Å². The summed E-state index contributed by atoms with van der Waals surface area (Å²) in [7, 11) is 0. The van der Waals surface area contributed by atoms with Gasteiger partial charge in [0.25, 0.3) is 5.91 Å². The minimum absolute atomic E-state index is 0.120. The Morgan fingerprint density at radius 1 is 1.35 bits per heavy atom. The Hall–Kier alpha value is -1.48. The van der Waals surface area contributed by atoms with Crippen LogP contribution in [-0.2, 0) is 0 Å². The Balaban J connectivity index is 1.55. The van der Waals surface area contributed by atoms with Crippen molar-refractivity contribution < 1.29 is 9.21 Å². The van der Waals surface area contributed by atoms with E-state index in [1.807, 2.05) is 19.1 Å². The van der Waals surface area contributed by atoms with Gasteiger partial charge in [0.1, 0.15) is 0 Å². The number of nitrogens with one attached hydrogen (secondary N) is 1. The van der Waals surface area contributed by atoms with Gasteiger partial charge in [0, 0.05) is 17.0 Å². The second kappa shape index (κ2) is 5.55. The van der Waals surface area contributed by atoms with Crippen molar-refractivity contribution >= 4 is 28.5 Å². The molecule has 1 amide bonds. The third-order valence-corrected chi connectivity index (χ3v) is 6.21. The summed E-state index contributed by atoms with van der Waals surface area (Å²) in [4.78, 5) is 12.7. The highest BCUT2D eigenvalue weighted by molar-refractivity contribution is 6.35. The van der Waals surface area contributed by atoms with Gasteiger partial charge < -0.3 is 9.73 Å². The van der Waals surface area contributed by atoms with Gasteiger partial charge in [0.15, 0.2) is 11.3 Å². The van der Waals surface area contributed by atoms with E-state index in [0.29, 0.717) is 22.3 Å². The zero-order valence-electron chi connectivity index (χ0n) is 13.6. The second-order valence-electron chi connectivity index (χ2n) is 7.27. The fraction of sp³-hybridized carbons (Fsp3) is 0.526. The van der Waals surface area contributed by atoms with Crippen LogP contribution in [0.15, 0.2) is 22.6 Å². The van der Waals surface area contributed by atoms with Crippen molar-refractivity contribution in [1.29, 1.82) is 0 Å². The molecule has 122 valence electrons. The molecular formula is C19H22ClNO2. The summed E-state index contributed by atoms with van der Waals surface area (Å²) in [6.07, 6.45) is 5.32. The quantitative estimate of drug-likeness (QED) is 0.864. The number of benzene rings is 1. The number of carbonyl (C=O) groups excluding carboxylic acids is 1. The van der Waals surface area contributed by atoms with Crippen molar-refractivity contribution in [2.24, 2.45) is 17.8 Å². The first kappa shape index (κ1) is 15.1. The van der Waals surface area contributed by atoms with Crippen molar-refractivity contribution in [3.8, 4) is 0 Å². The van der Waals surface area contributed by atoms with E-state index in [9.17, 15) is 4.79 Å². The minimum Gasteiger partial charge on any atom is -0.449 e. The molecule has 1 aromatic heterocycles. The Morgan fingerprint density at radius 2 is 2.17 bits per heavy atom. The molecule has 0 radical (unpaired) electrons. The molecule has 4 atom stereocenters. The molecule has 0 saturated heterocycles. The Labute approximate surface area is 141 Å². The van der Waals surface area contributed by atoms with E-state index in [4.69, 9.17) is 16.0 Å². The van der Waals surface area contributed by atoms with Crippen LogP contribution in [0.1, 0.15) is 48.7 Å². The van der Waals surface area contributed by atoms with Crippen LogP contribution in [0.25, 0.3) is 11.0 Å². The maximum Gasteiger partial charge on any atom is 0.287 e. The van der Waals surface area contributed by atoms with E-state index in [1.165, 1.54) is 25.7 Å². The van der Waals surface area contributed by atoms with Gasteiger partial charge in [-0.1, -0.05) is 30.2 Å². The average Bonchev–Trinajstić information content (AvgIpc) is 3.22. The average molecular weight is 332 g/mol. The summed E-state index contributed by atoms with van der Waals surface area (Å²) < 4.78 is 5.77. The number of carbonyl (C=O) groups is 1. The predicted molar refractivity (Wildman–Crippen MR) is 91.8 cm³/mol. The van der Waals surface area contributed by atoms with Gasteiger partial charge in [0.2, 0.25) is 0 Å². The van der Waals surface area contributed by atoms with Crippen LogP contribution < -0.4 is 5.32 Å². The lowest BCUT2D eigenvalue weighted by Gasteiger charge is -2.28. The third-order valence-electron chi connectivity index (χ3n) is 5.92. The van der Waals surface area contributed by atoms with Crippen LogP contribution >= 0.6 is 11.6 Å². The number of halogens is 1. The van der Waals surface area contributed by atoms with E-state index in [-0.39, 0.29) is 11.9 Å². The SMILES string of the molecule is Cc1c(C(=O)N[C@@H](C)[C@H]2C[C@@H]3CC[C@@H]2C3)oc2c(Cl)cccc12. The minimum atomic E-state index is -0.120. The first-order chi connectivity index (χ1) is 11.0. The summed E-state index contributed by atoms with van der Waals surface area (Å²) in [6, 6.07) is 5.80. The molecule has 0 spiro atoms. The van der Waals surface area contributed by atoms with Crippen molar-refractivity contribution in [3.05, 3.63) is 34.5 Å². The van der Waals surface area contributed by atoms with Crippen LogP contribution in [0.4, 0.5) is 0 Å². The molecule has 2 saturated carbocycles. The van der Waals surface area contributed by atoms with Crippen molar-refractivity contribution in [2.75, 3.05) is 0 Å². The van der Waals surface area contributed by atoms with Crippen LogP contribution in [0, 0.1) is 24.7 Å². The van der Waals surface area contributed by atoms with Gasteiger partial charge >= 0.3 is 0 Å². The van der Waals surface area contributed by atoms with Gasteiger partial charge in [-0.25, -0.2) is 0 Å². The highest BCUT2D eigenvalue weighted by Crippen LogP contribution is 2.49. The highest BCUT2D eigenvalue weighted by atomic mass is 35.5. The van der Waals surface area contributed by atoms with E-state index >= 15 is 0 Å². The normalized spacial score (nSPS) is 27.5. The lowest BCUT2D eigenvalue weighted by molar-refractivity contribution is 0.0888. The summed E-state index contributed by atoms with van der Waals surface area (Å²) >= 11 is 6.17. The molecule has 4 heteroatoms. The molecule has 23 heavy (non-hydrogen) atoms. The van der Waals surface area contributed by atoms with Crippen molar-refractivity contribution in [1.82, 2.24) is 5.32 Å². The summed E-state index contributed by atoms with van der Waals surface area (Å²) in [5.41, 5.74) is 1.46. The third kappa shape index (κ3) is 2.46. The topological polar surface area (TPSA) is 42.2 Å². The molecular weight excluding hydrogens is 310 g/mol. The van der Waals surface area contributed by atoms with E-state index < -0.39 is 0 Å². The van der Waals surface area contributed by atoms with E-state index in [0.717, 1.165) is 22.8 Å². The molecule has 2 bridgehead atoms. The molecule has 3 nitrogen and oxygen atoms in total. The summed E-state index contributed by atoms with van der Waals surface area (Å²) in [5.74, 6) is 2.57. The molecule has 1 aromatic carbocycles. The second-order valence-corrected chi connectivity index (χ2v) is 7.68. The maximum absolute atomic E-state index is 12.7. The Kier molecular flexibility index (Phi) is 3.64. The molecule has 0 unspecified atom stereocenters. The molecule has 2 aliphatic carbocycles. The number of furan rings is 1. The standard InChI is InChI=1S/C19H22ClNO2/c1-10-14-4-3-5-16(20)18(14)23-17(10)19(22)21-11(2)15-9-12-6-7-13(15)8-12/h3-5,11-13,15H,6-9H2,1-2H3,(H,21,22)/t11-,12+,13+,15+/m0/s1. The lowest BCUT2D eigenvalue weighted by Crippen LogP contribution is -2.40. The van der Waals surface area contributed by atoms with E-state index in [1.54, 1.807) is 6.07 Å². The van der Waals surface area contributed by atoms with Crippen LogP contribution in [-0.4, -0.2) is 11.9 Å². The molecule has 4 rings (SSSR count). The number of aryl methyl sites for hydroxylation is 1. The smallest absolute Gasteiger partial charge is 0.287 e. The van der Waals surface area contributed by atoms with E-state index in [2.05, 4.69) is 12.2 Å². The Bertz CT molecular complexity index is 766. The zero-order chi connectivity index (χ0) is 16.1. The van der Waals surface area contributed by atoms with Crippen molar-refractivity contribution in [3.63, 3.8) is 0 Å². The van der Waals surface area contributed by atoms with Gasteiger partial charge in [-0.2, -0.15) is 0 Å². The highest BCUT2D eigenvalue weighted by Gasteiger charge is 2.42. The fourth-order valence-corrected chi connectivity index (χ4v) is 4.92. The number of hydrogen-bond acceptors (Lipinski definition) is 2. The number of fused-ring (bicyclic) bond motifs is 3. The summed E-state index contributed by atoms with van der Waals surface area (Å²) in [6.45, 7) is 4.05. The fourth-order valence-electron chi connectivity index (χ4n) is 4.71. The monoisotopic (exact) mass is 331 g/mol. The first-order valence-corrected chi connectivity index (χ1v) is 8.91. The Morgan fingerprint density at radius 3 is 2.83 bits per heavy atom. The van der Waals surface area contributed by atoms with Crippen LogP contribution in [0.2, 0.25) is 5.02 Å². The number of rotatable bonds is 3. The number of para-hydroxylation sites is 1. The van der Waals surface area contributed by atoms with Crippen molar-refractivity contribution in [2.45, 2.75) is 45.6 Å². The molecule has 2 aromatic rings. The maximum atomic E-state index is 12.7. The number of hydrogen-bond donors (Lipinski definition) is 1. The molecule has 2 fully saturated rings. The number of amides is 1. The predicted octanol–water partition coefficient (Wildman–Crippen LogP) is 4.95. The van der Waals surface area contributed by atoms with Gasteiger partial charge in [0.05, 0.1) is 5.02 Å².